The Hall–Kier alpha value is -5.34. The molecule has 4 aromatic carbocycles. The van der Waals surface area contributed by atoms with Gasteiger partial charge >= 0.3 is 0 Å². The molecule has 8 heteroatoms. The van der Waals surface area contributed by atoms with Crippen LogP contribution >= 0.6 is 11.8 Å². The number of furan rings is 1. The van der Waals surface area contributed by atoms with Gasteiger partial charge in [-0.3, -0.25) is 19.0 Å². The van der Waals surface area contributed by atoms with Crippen LogP contribution in [-0.4, -0.2) is 27.5 Å². The van der Waals surface area contributed by atoms with Crippen LogP contribution in [0.4, 0.5) is 5.69 Å². The molecule has 6 rings (SSSR count). The number of carbonyl (C=O) groups excluding carboxylic acids is 3. The number of fused-ring (bicyclic) bond motifs is 3. The number of benzene rings is 4. The summed E-state index contributed by atoms with van der Waals surface area (Å²) in [6, 6.07) is 35.3. The van der Waals surface area contributed by atoms with Crippen LogP contribution in [0, 0.1) is 0 Å². The zero-order valence-corrected chi connectivity index (χ0v) is 24.7. The van der Waals surface area contributed by atoms with Crippen molar-refractivity contribution in [2.45, 2.75) is 23.5 Å². The fourth-order valence-electron chi connectivity index (χ4n) is 5.05. The van der Waals surface area contributed by atoms with Gasteiger partial charge in [0.1, 0.15) is 11.5 Å². The van der Waals surface area contributed by atoms with Gasteiger partial charge in [-0.25, -0.2) is 0 Å². The van der Waals surface area contributed by atoms with Gasteiger partial charge < -0.3 is 15.1 Å². The fourth-order valence-corrected chi connectivity index (χ4v) is 6.04. The maximum atomic E-state index is 13.9. The van der Waals surface area contributed by atoms with Gasteiger partial charge in [-0.15, -0.1) is 11.8 Å². The number of anilines is 1. The molecule has 0 aliphatic rings. The summed E-state index contributed by atoms with van der Waals surface area (Å²) in [7, 11) is 0. The Kier molecular flexibility index (Phi) is 8.43. The zero-order valence-electron chi connectivity index (χ0n) is 23.9. The summed E-state index contributed by atoms with van der Waals surface area (Å²) < 4.78 is 7.20. The van der Waals surface area contributed by atoms with Crippen LogP contribution in [0.25, 0.3) is 27.9 Å². The second-order valence-corrected chi connectivity index (χ2v) is 11.4. The van der Waals surface area contributed by atoms with E-state index in [1.54, 1.807) is 48.5 Å². The van der Waals surface area contributed by atoms with E-state index in [0.29, 0.717) is 23.4 Å². The quantitative estimate of drug-likeness (QED) is 0.130. The molecule has 2 heterocycles. The van der Waals surface area contributed by atoms with Crippen molar-refractivity contribution in [2.75, 3.05) is 5.32 Å². The lowest BCUT2D eigenvalue weighted by Crippen LogP contribution is -2.30. The van der Waals surface area contributed by atoms with E-state index in [9.17, 15) is 14.4 Å². The molecule has 2 N–H and O–H groups in total. The molecular formula is C36H29N3O4S. The molecular weight excluding hydrogens is 570 g/mol. The SMILES string of the molecule is CCC(Sc1ccc(NC(=O)/C(=C/c2ccco2)NC(=O)c2ccccc2)cc1)C(=O)n1c2ccccc2c2ccccc21. The van der Waals surface area contributed by atoms with E-state index in [1.165, 1.54) is 24.1 Å². The molecule has 0 aliphatic carbocycles. The largest absolute Gasteiger partial charge is 0.465 e. The third kappa shape index (κ3) is 6.07. The maximum absolute atomic E-state index is 13.9. The van der Waals surface area contributed by atoms with E-state index in [1.807, 2.05) is 78.2 Å². The lowest BCUT2D eigenvalue weighted by Gasteiger charge is -2.16. The first-order valence-corrected chi connectivity index (χ1v) is 15.1. The first-order valence-electron chi connectivity index (χ1n) is 14.2. The molecule has 0 spiro atoms. The second kappa shape index (κ2) is 12.9. The highest BCUT2D eigenvalue weighted by Crippen LogP contribution is 2.33. The lowest BCUT2D eigenvalue weighted by atomic mass is 10.2. The first kappa shape index (κ1) is 28.8. The highest BCUT2D eigenvalue weighted by Gasteiger charge is 2.24. The van der Waals surface area contributed by atoms with Crippen LogP contribution in [-0.2, 0) is 4.79 Å². The number of hydrogen-bond donors (Lipinski definition) is 2. The Bertz CT molecular complexity index is 1920. The summed E-state index contributed by atoms with van der Waals surface area (Å²) in [6.45, 7) is 2.01. The number of nitrogens with zero attached hydrogens (tertiary/aromatic N) is 1. The standard InChI is InChI=1S/C36H29N3O4S/c1-2-33(36(42)39-31-16-8-6-14-28(31)29-15-7-9-17-32(29)39)44-27-20-18-25(19-21-27)37-35(41)30(23-26-13-10-22-43-26)38-34(40)24-11-4-3-5-12-24/h3-23,33H,2H2,1H3,(H,37,41)(H,38,40)/b30-23-. The Morgan fingerprint density at radius 1 is 0.795 bits per heavy atom. The Labute approximate surface area is 258 Å². The van der Waals surface area contributed by atoms with Crippen molar-refractivity contribution >= 4 is 63.1 Å². The van der Waals surface area contributed by atoms with Crippen molar-refractivity contribution in [1.29, 1.82) is 0 Å². The van der Waals surface area contributed by atoms with Gasteiger partial charge in [0, 0.05) is 33.0 Å². The van der Waals surface area contributed by atoms with Crippen molar-refractivity contribution in [3.63, 3.8) is 0 Å². The Morgan fingerprint density at radius 2 is 1.43 bits per heavy atom. The predicted octanol–water partition coefficient (Wildman–Crippen LogP) is 8.01. The minimum Gasteiger partial charge on any atom is -0.465 e. The molecule has 2 amide bonds. The normalized spacial score (nSPS) is 12.2. The summed E-state index contributed by atoms with van der Waals surface area (Å²) >= 11 is 1.49. The fraction of sp³-hybridized carbons (Fsp3) is 0.0833. The molecule has 7 nitrogen and oxygen atoms in total. The minimum absolute atomic E-state index is 0.0224. The molecule has 218 valence electrons. The number of amides is 2. The van der Waals surface area contributed by atoms with Crippen LogP contribution < -0.4 is 10.6 Å². The number of nitrogens with one attached hydrogen (secondary N) is 2. The summed E-state index contributed by atoms with van der Waals surface area (Å²) in [4.78, 5) is 40.9. The number of para-hydroxylation sites is 2. The molecule has 0 fully saturated rings. The molecule has 0 radical (unpaired) electrons. The molecule has 0 saturated heterocycles. The smallest absolute Gasteiger partial charge is 0.272 e. The minimum atomic E-state index is -0.501. The molecule has 1 atom stereocenters. The van der Waals surface area contributed by atoms with Crippen molar-refractivity contribution in [3.05, 3.63) is 139 Å². The van der Waals surface area contributed by atoms with E-state index in [-0.39, 0.29) is 16.9 Å². The zero-order chi connectivity index (χ0) is 30.5. The summed E-state index contributed by atoms with van der Waals surface area (Å²) in [5.41, 5.74) is 2.80. The van der Waals surface area contributed by atoms with E-state index < -0.39 is 11.8 Å². The maximum Gasteiger partial charge on any atom is 0.272 e. The van der Waals surface area contributed by atoms with Crippen LogP contribution in [0.5, 0.6) is 0 Å². The van der Waals surface area contributed by atoms with Crippen molar-refractivity contribution in [2.24, 2.45) is 0 Å². The predicted molar refractivity (Wildman–Crippen MR) is 176 cm³/mol. The van der Waals surface area contributed by atoms with Crippen molar-refractivity contribution in [3.8, 4) is 0 Å². The van der Waals surface area contributed by atoms with Crippen LogP contribution in [0.15, 0.2) is 137 Å². The number of hydrogen-bond acceptors (Lipinski definition) is 5. The Morgan fingerprint density at radius 3 is 2.05 bits per heavy atom. The molecule has 2 aromatic heterocycles. The van der Waals surface area contributed by atoms with Gasteiger partial charge in [-0.05, 0) is 67.1 Å². The molecule has 1 unspecified atom stereocenters. The molecule has 0 saturated carbocycles. The van der Waals surface area contributed by atoms with Gasteiger partial charge in [0.2, 0.25) is 5.91 Å². The topological polar surface area (TPSA) is 93.3 Å². The van der Waals surface area contributed by atoms with Gasteiger partial charge in [0.15, 0.2) is 0 Å². The lowest BCUT2D eigenvalue weighted by molar-refractivity contribution is -0.113. The highest BCUT2D eigenvalue weighted by molar-refractivity contribution is 8.00. The first-order chi connectivity index (χ1) is 21.5. The Balaban J connectivity index is 1.18. The van der Waals surface area contributed by atoms with Crippen LogP contribution in [0.3, 0.4) is 0 Å². The van der Waals surface area contributed by atoms with Crippen molar-refractivity contribution in [1.82, 2.24) is 9.88 Å². The molecule has 6 aromatic rings. The summed E-state index contributed by atoms with van der Waals surface area (Å²) in [6.07, 6.45) is 3.61. The molecule has 44 heavy (non-hydrogen) atoms. The van der Waals surface area contributed by atoms with Gasteiger partial charge in [-0.1, -0.05) is 61.5 Å². The molecule has 0 bridgehead atoms. The third-order valence-electron chi connectivity index (χ3n) is 7.20. The third-order valence-corrected chi connectivity index (χ3v) is 8.56. The van der Waals surface area contributed by atoms with Crippen molar-refractivity contribution < 1.29 is 18.8 Å². The van der Waals surface area contributed by atoms with E-state index >= 15 is 0 Å². The second-order valence-electron chi connectivity index (χ2n) is 10.1. The van der Waals surface area contributed by atoms with E-state index in [0.717, 1.165) is 26.7 Å². The summed E-state index contributed by atoms with van der Waals surface area (Å²) in [5.74, 6) is -0.467. The van der Waals surface area contributed by atoms with Gasteiger partial charge in [0.05, 0.1) is 22.5 Å². The van der Waals surface area contributed by atoms with Crippen LogP contribution in [0.1, 0.15) is 34.3 Å². The van der Waals surface area contributed by atoms with Gasteiger partial charge in [0.25, 0.3) is 11.8 Å². The average molecular weight is 600 g/mol. The number of thioether (sulfide) groups is 1. The number of carbonyl (C=O) groups is 3. The molecule has 0 aliphatic heterocycles. The van der Waals surface area contributed by atoms with E-state index in [2.05, 4.69) is 10.6 Å². The van der Waals surface area contributed by atoms with Gasteiger partial charge in [-0.2, -0.15) is 0 Å². The average Bonchev–Trinajstić information content (AvgIpc) is 3.70. The van der Waals surface area contributed by atoms with E-state index in [4.69, 9.17) is 4.42 Å². The highest BCUT2D eigenvalue weighted by atomic mass is 32.2. The summed E-state index contributed by atoms with van der Waals surface area (Å²) in [5, 5.41) is 7.33. The van der Waals surface area contributed by atoms with Crippen LogP contribution in [0.2, 0.25) is 0 Å². The monoisotopic (exact) mass is 599 g/mol. The number of rotatable bonds is 9. The number of aromatic nitrogens is 1.